The molecule has 0 bridgehead atoms. The molecule has 2 N–H and O–H groups in total. The van der Waals surface area contributed by atoms with Crippen molar-refractivity contribution in [2.45, 2.75) is 20.3 Å². The molecule has 0 radical (unpaired) electrons. The first-order chi connectivity index (χ1) is 14.8. The van der Waals surface area contributed by atoms with E-state index in [1.54, 1.807) is 11.8 Å². The molecule has 3 rings (SSSR count). The standard InChI is InChI=1S/C22H27ClN4O4/c1-4-17-19(22(30)31-3)14(2)20(25-17)21(29)24-13-18(28)27-10-8-26(9-11-27)16-7-5-6-15(23)12-16/h5-7,12,25H,4,8-11,13H2,1-3H3,(H,24,29). The van der Waals surface area contributed by atoms with Gasteiger partial charge in [0.1, 0.15) is 5.69 Å². The van der Waals surface area contributed by atoms with E-state index >= 15 is 0 Å². The molecule has 9 heteroatoms. The fraction of sp³-hybridized carbons (Fsp3) is 0.409. The molecular weight excluding hydrogens is 420 g/mol. The van der Waals surface area contributed by atoms with Gasteiger partial charge in [0.15, 0.2) is 0 Å². The van der Waals surface area contributed by atoms with Crippen molar-refractivity contribution in [2.24, 2.45) is 0 Å². The van der Waals surface area contributed by atoms with E-state index in [4.69, 9.17) is 16.3 Å². The lowest BCUT2D eigenvalue weighted by Gasteiger charge is -2.36. The van der Waals surface area contributed by atoms with Gasteiger partial charge in [-0.2, -0.15) is 0 Å². The summed E-state index contributed by atoms with van der Waals surface area (Å²) in [4.78, 5) is 44.1. The van der Waals surface area contributed by atoms with Gasteiger partial charge in [-0.25, -0.2) is 4.79 Å². The fourth-order valence-corrected chi connectivity index (χ4v) is 3.96. The zero-order chi connectivity index (χ0) is 22.5. The average molecular weight is 447 g/mol. The quantitative estimate of drug-likeness (QED) is 0.664. The van der Waals surface area contributed by atoms with E-state index in [0.717, 1.165) is 5.69 Å². The molecule has 0 atom stereocenters. The van der Waals surface area contributed by atoms with Crippen LogP contribution in [0.25, 0.3) is 0 Å². The number of benzene rings is 1. The molecule has 0 spiro atoms. The Labute approximate surface area is 186 Å². The molecule has 0 unspecified atom stereocenters. The maximum Gasteiger partial charge on any atom is 0.339 e. The smallest absolute Gasteiger partial charge is 0.339 e. The molecule has 1 saturated heterocycles. The molecule has 1 fully saturated rings. The fourth-order valence-electron chi connectivity index (χ4n) is 3.77. The van der Waals surface area contributed by atoms with E-state index in [2.05, 4.69) is 15.2 Å². The van der Waals surface area contributed by atoms with Crippen LogP contribution >= 0.6 is 11.6 Å². The lowest BCUT2D eigenvalue weighted by molar-refractivity contribution is -0.130. The zero-order valence-corrected chi connectivity index (χ0v) is 18.7. The van der Waals surface area contributed by atoms with E-state index in [9.17, 15) is 14.4 Å². The second-order valence-electron chi connectivity index (χ2n) is 7.35. The maximum absolute atomic E-state index is 12.6. The number of esters is 1. The van der Waals surface area contributed by atoms with Crippen LogP contribution in [0.4, 0.5) is 5.69 Å². The molecule has 1 aliphatic heterocycles. The minimum absolute atomic E-state index is 0.108. The minimum Gasteiger partial charge on any atom is -0.465 e. The number of halogens is 1. The second kappa shape index (κ2) is 9.87. The van der Waals surface area contributed by atoms with Gasteiger partial charge in [-0.05, 0) is 37.1 Å². The molecule has 2 aromatic rings. The van der Waals surface area contributed by atoms with Crippen molar-refractivity contribution in [3.8, 4) is 0 Å². The molecular formula is C22H27ClN4O4. The topological polar surface area (TPSA) is 94.7 Å². The predicted molar refractivity (Wildman–Crippen MR) is 119 cm³/mol. The van der Waals surface area contributed by atoms with Gasteiger partial charge in [-0.1, -0.05) is 24.6 Å². The minimum atomic E-state index is -0.488. The van der Waals surface area contributed by atoms with Gasteiger partial charge < -0.3 is 24.8 Å². The highest BCUT2D eigenvalue weighted by Gasteiger charge is 2.25. The Bertz CT molecular complexity index is 980. The van der Waals surface area contributed by atoms with Crippen molar-refractivity contribution >= 4 is 35.1 Å². The van der Waals surface area contributed by atoms with Crippen LogP contribution in [0.1, 0.15) is 39.0 Å². The Kier molecular flexibility index (Phi) is 7.22. The van der Waals surface area contributed by atoms with Gasteiger partial charge in [0.05, 0.1) is 19.2 Å². The summed E-state index contributed by atoms with van der Waals surface area (Å²) in [5.41, 5.74) is 2.83. The molecule has 31 heavy (non-hydrogen) atoms. The number of aromatic amines is 1. The first-order valence-corrected chi connectivity index (χ1v) is 10.6. The molecule has 1 aromatic heterocycles. The number of piperazine rings is 1. The summed E-state index contributed by atoms with van der Waals surface area (Å²) in [6.07, 6.45) is 0.550. The van der Waals surface area contributed by atoms with Crippen molar-refractivity contribution < 1.29 is 19.1 Å². The van der Waals surface area contributed by atoms with Gasteiger partial charge in [0, 0.05) is 42.6 Å². The maximum atomic E-state index is 12.6. The van der Waals surface area contributed by atoms with Crippen LogP contribution in [0.2, 0.25) is 5.02 Å². The number of hydrogen-bond acceptors (Lipinski definition) is 5. The number of amides is 2. The number of H-pyrrole nitrogens is 1. The Balaban J connectivity index is 1.56. The lowest BCUT2D eigenvalue weighted by Crippen LogP contribution is -2.51. The third-order valence-corrected chi connectivity index (χ3v) is 5.74. The van der Waals surface area contributed by atoms with Crippen molar-refractivity contribution in [2.75, 3.05) is 44.7 Å². The summed E-state index contributed by atoms with van der Waals surface area (Å²) >= 11 is 6.06. The third kappa shape index (κ3) is 5.02. The number of nitrogens with zero attached hydrogens (tertiary/aromatic N) is 2. The highest BCUT2D eigenvalue weighted by molar-refractivity contribution is 6.30. The number of carbonyl (C=O) groups excluding carboxylic acids is 3. The molecule has 1 aromatic carbocycles. The number of methoxy groups -OCH3 is 1. The Morgan fingerprint density at radius 2 is 1.90 bits per heavy atom. The number of hydrogen-bond donors (Lipinski definition) is 2. The largest absolute Gasteiger partial charge is 0.465 e. The van der Waals surface area contributed by atoms with Crippen molar-refractivity contribution in [3.05, 3.63) is 51.8 Å². The number of nitrogens with one attached hydrogen (secondary N) is 2. The monoisotopic (exact) mass is 446 g/mol. The highest BCUT2D eigenvalue weighted by atomic mass is 35.5. The van der Waals surface area contributed by atoms with Crippen LogP contribution in [0.15, 0.2) is 24.3 Å². The summed E-state index contributed by atoms with van der Waals surface area (Å²) < 4.78 is 4.81. The van der Waals surface area contributed by atoms with Crippen LogP contribution in [-0.4, -0.2) is 67.5 Å². The number of rotatable bonds is 6. The third-order valence-electron chi connectivity index (χ3n) is 5.50. The Hall–Kier alpha value is -3.00. The molecule has 8 nitrogen and oxygen atoms in total. The number of aryl methyl sites for hydroxylation is 1. The molecule has 2 heterocycles. The van der Waals surface area contributed by atoms with E-state index < -0.39 is 11.9 Å². The van der Waals surface area contributed by atoms with Crippen LogP contribution < -0.4 is 10.2 Å². The van der Waals surface area contributed by atoms with E-state index in [1.807, 2.05) is 31.2 Å². The lowest BCUT2D eigenvalue weighted by atomic mass is 10.1. The summed E-state index contributed by atoms with van der Waals surface area (Å²) in [5, 5.41) is 3.34. The molecule has 1 aliphatic rings. The SMILES string of the molecule is CCc1[nH]c(C(=O)NCC(=O)N2CCN(c3cccc(Cl)c3)CC2)c(C)c1C(=O)OC. The first kappa shape index (κ1) is 22.7. The highest BCUT2D eigenvalue weighted by Crippen LogP contribution is 2.21. The summed E-state index contributed by atoms with van der Waals surface area (Å²) in [7, 11) is 1.30. The van der Waals surface area contributed by atoms with Gasteiger partial charge in [0.25, 0.3) is 5.91 Å². The normalized spacial score (nSPS) is 13.8. The van der Waals surface area contributed by atoms with Gasteiger partial charge in [0.2, 0.25) is 5.91 Å². The molecule has 2 amide bonds. The molecule has 0 aliphatic carbocycles. The summed E-state index contributed by atoms with van der Waals surface area (Å²) in [6, 6.07) is 7.64. The Morgan fingerprint density at radius 3 is 2.52 bits per heavy atom. The first-order valence-electron chi connectivity index (χ1n) is 10.2. The predicted octanol–water partition coefficient (Wildman–Crippen LogP) is 2.40. The summed E-state index contributed by atoms with van der Waals surface area (Å²) in [5.74, 6) is -1.06. The van der Waals surface area contributed by atoms with Gasteiger partial charge in [-0.3, -0.25) is 9.59 Å². The van der Waals surface area contributed by atoms with E-state index in [-0.39, 0.29) is 18.1 Å². The van der Waals surface area contributed by atoms with Crippen molar-refractivity contribution in [3.63, 3.8) is 0 Å². The number of anilines is 1. The molecule has 166 valence electrons. The van der Waals surface area contributed by atoms with Gasteiger partial charge >= 0.3 is 5.97 Å². The van der Waals surface area contributed by atoms with Gasteiger partial charge in [-0.15, -0.1) is 0 Å². The van der Waals surface area contributed by atoms with Crippen LogP contribution in [0.3, 0.4) is 0 Å². The van der Waals surface area contributed by atoms with E-state index in [0.29, 0.717) is 54.4 Å². The van der Waals surface area contributed by atoms with Crippen LogP contribution in [0, 0.1) is 6.92 Å². The van der Waals surface area contributed by atoms with Crippen LogP contribution in [-0.2, 0) is 16.0 Å². The van der Waals surface area contributed by atoms with Crippen molar-refractivity contribution in [1.82, 2.24) is 15.2 Å². The zero-order valence-electron chi connectivity index (χ0n) is 18.0. The second-order valence-corrected chi connectivity index (χ2v) is 7.79. The number of ether oxygens (including phenoxy) is 1. The van der Waals surface area contributed by atoms with Crippen molar-refractivity contribution in [1.29, 1.82) is 0 Å². The number of carbonyl (C=O) groups is 3. The molecule has 0 saturated carbocycles. The van der Waals surface area contributed by atoms with Crippen LogP contribution in [0.5, 0.6) is 0 Å². The Morgan fingerprint density at radius 1 is 1.19 bits per heavy atom. The average Bonchev–Trinajstić information content (AvgIpc) is 3.13. The number of aromatic nitrogens is 1. The van der Waals surface area contributed by atoms with E-state index in [1.165, 1.54) is 7.11 Å². The summed E-state index contributed by atoms with van der Waals surface area (Å²) in [6.45, 7) is 5.98.